The van der Waals surface area contributed by atoms with Crippen molar-refractivity contribution in [1.82, 2.24) is 0 Å². The molecular weight excluding hydrogens is 367 g/mol. The van der Waals surface area contributed by atoms with Crippen molar-refractivity contribution in [2.75, 3.05) is 27.4 Å². The summed E-state index contributed by atoms with van der Waals surface area (Å²) in [4.78, 5) is 24.0. The summed E-state index contributed by atoms with van der Waals surface area (Å²) in [6.07, 6.45) is 3.78. The van der Waals surface area contributed by atoms with Gasteiger partial charge in [0, 0.05) is 0 Å². The molecule has 148 valence electrons. The van der Waals surface area contributed by atoms with Crippen molar-refractivity contribution < 1.29 is 32.9 Å². The molecule has 2 aromatic rings. The molecule has 2 aromatic carbocycles. The van der Waals surface area contributed by atoms with Crippen molar-refractivity contribution in [3.8, 4) is 17.2 Å². The second kappa shape index (κ2) is 10.1. The lowest BCUT2D eigenvalue weighted by Gasteiger charge is -2.11. The third kappa shape index (κ3) is 5.57. The van der Waals surface area contributed by atoms with E-state index in [1.807, 2.05) is 25.1 Å². The number of allylic oxidation sites excluding steroid dienone is 1. The van der Waals surface area contributed by atoms with Crippen molar-refractivity contribution in [3.63, 3.8) is 0 Å². The molecule has 0 saturated carbocycles. The van der Waals surface area contributed by atoms with Crippen molar-refractivity contribution >= 4 is 17.8 Å². The molecule has 0 aliphatic carbocycles. The highest BCUT2D eigenvalue weighted by Gasteiger charge is 2.16. The van der Waals surface area contributed by atoms with Gasteiger partial charge in [-0.1, -0.05) is 18.2 Å². The second-order valence-electron chi connectivity index (χ2n) is 5.63. The van der Waals surface area contributed by atoms with Gasteiger partial charge in [-0.3, -0.25) is 4.79 Å². The van der Waals surface area contributed by atoms with Gasteiger partial charge in [0.25, 0.3) is 0 Å². The van der Waals surface area contributed by atoms with Crippen LogP contribution in [0.2, 0.25) is 0 Å². The Morgan fingerprint density at radius 2 is 1.68 bits per heavy atom. The van der Waals surface area contributed by atoms with Gasteiger partial charge in [-0.25, -0.2) is 9.18 Å². The molecule has 0 amide bonds. The molecule has 0 heterocycles. The number of benzene rings is 2. The van der Waals surface area contributed by atoms with Gasteiger partial charge in [-0.2, -0.15) is 0 Å². The number of Topliss-reactive ketones (excluding diaryl/α,β-unsaturated/α-hetero) is 1. The highest BCUT2D eigenvalue weighted by atomic mass is 19.1. The lowest BCUT2D eigenvalue weighted by atomic mass is 10.1. The van der Waals surface area contributed by atoms with Crippen LogP contribution in [0.15, 0.2) is 42.5 Å². The number of carbonyl (C=O) groups excluding carboxylic acids is 2. The summed E-state index contributed by atoms with van der Waals surface area (Å²) >= 11 is 0. The number of methoxy groups -OCH3 is 2. The van der Waals surface area contributed by atoms with Gasteiger partial charge < -0.3 is 18.9 Å². The standard InChI is InChI=1S/C21H21FO6/c1-4-5-14-6-8-19(20(10-14)26-3)27-13-21(24)28-12-17(23)16-11-15(22)7-9-18(16)25-2/h4-11H,12-13H2,1-3H3/b5-4+. The summed E-state index contributed by atoms with van der Waals surface area (Å²) < 4.78 is 33.9. The van der Waals surface area contributed by atoms with Crippen LogP contribution in [0.1, 0.15) is 22.8 Å². The summed E-state index contributed by atoms with van der Waals surface area (Å²) in [6.45, 7) is 0.930. The summed E-state index contributed by atoms with van der Waals surface area (Å²) in [5, 5.41) is 0. The maximum atomic E-state index is 13.3. The molecule has 28 heavy (non-hydrogen) atoms. The summed E-state index contributed by atoms with van der Waals surface area (Å²) in [7, 11) is 2.85. The van der Waals surface area contributed by atoms with E-state index < -0.39 is 30.8 Å². The zero-order valence-corrected chi connectivity index (χ0v) is 15.9. The van der Waals surface area contributed by atoms with Crippen LogP contribution in [-0.4, -0.2) is 39.2 Å². The molecular formula is C21H21FO6. The van der Waals surface area contributed by atoms with E-state index in [2.05, 4.69) is 0 Å². The summed E-state index contributed by atoms with van der Waals surface area (Å²) in [5.74, 6) is -0.895. The first-order valence-electron chi connectivity index (χ1n) is 8.44. The predicted molar refractivity (Wildman–Crippen MR) is 101 cm³/mol. The average Bonchev–Trinajstić information content (AvgIpc) is 2.71. The molecule has 0 spiro atoms. The fraction of sp³-hybridized carbons (Fsp3) is 0.238. The van der Waals surface area contributed by atoms with E-state index in [4.69, 9.17) is 18.9 Å². The zero-order chi connectivity index (χ0) is 20.5. The molecule has 0 saturated heterocycles. The minimum Gasteiger partial charge on any atom is -0.496 e. The highest BCUT2D eigenvalue weighted by molar-refractivity contribution is 6.00. The van der Waals surface area contributed by atoms with Crippen molar-refractivity contribution in [2.24, 2.45) is 0 Å². The van der Waals surface area contributed by atoms with Crippen molar-refractivity contribution in [2.45, 2.75) is 6.92 Å². The quantitative estimate of drug-likeness (QED) is 0.482. The van der Waals surface area contributed by atoms with Crippen LogP contribution < -0.4 is 14.2 Å². The van der Waals surface area contributed by atoms with E-state index in [9.17, 15) is 14.0 Å². The Labute approximate surface area is 162 Å². The monoisotopic (exact) mass is 388 g/mol. The van der Waals surface area contributed by atoms with Crippen molar-refractivity contribution in [3.05, 3.63) is 59.4 Å². The highest BCUT2D eigenvalue weighted by Crippen LogP contribution is 2.28. The third-order valence-corrected chi connectivity index (χ3v) is 3.72. The van der Waals surface area contributed by atoms with Gasteiger partial charge in [0.1, 0.15) is 11.6 Å². The lowest BCUT2D eigenvalue weighted by molar-refractivity contribution is -0.144. The number of esters is 1. The van der Waals surface area contributed by atoms with Crippen LogP contribution in [-0.2, 0) is 9.53 Å². The lowest BCUT2D eigenvalue weighted by Crippen LogP contribution is -2.20. The van der Waals surface area contributed by atoms with E-state index in [-0.39, 0.29) is 11.3 Å². The fourth-order valence-corrected chi connectivity index (χ4v) is 2.40. The first-order valence-corrected chi connectivity index (χ1v) is 8.44. The minimum atomic E-state index is -0.747. The molecule has 0 aliphatic heterocycles. The molecule has 0 N–H and O–H groups in total. The van der Waals surface area contributed by atoms with Gasteiger partial charge in [0.05, 0.1) is 19.8 Å². The van der Waals surface area contributed by atoms with Gasteiger partial charge in [-0.15, -0.1) is 0 Å². The molecule has 7 heteroatoms. The van der Waals surface area contributed by atoms with Crippen LogP contribution in [0.4, 0.5) is 4.39 Å². The number of carbonyl (C=O) groups is 2. The van der Waals surface area contributed by atoms with Crippen LogP contribution in [0.5, 0.6) is 17.2 Å². The molecule has 0 aliphatic rings. The van der Waals surface area contributed by atoms with E-state index in [1.54, 1.807) is 12.1 Å². The Bertz CT molecular complexity index is 875. The third-order valence-electron chi connectivity index (χ3n) is 3.72. The minimum absolute atomic E-state index is 0.00236. The van der Waals surface area contributed by atoms with Crippen LogP contribution in [0.25, 0.3) is 6.08 Å². The topological polar surface area (TPSA) is 71.1 Å². The summed E-state index contributed by atoms with van der Waals surface area (Å²) in [5.41, 5.74) is 0.918. The Morgan fingerprint density at radius 3 is 2.36 bits per heavy atom. The number of hydrogen-bond acceptors (Lipinski definition) is 6. The predicted octanol–water partition coefficient (Wildman–Crippen LogP) is 3.68. The van der Waals surface area contributed by atoms with E-state index >= 15 is 0 Å². The number of halogens is 1. The van der Waals surface area contributed by atoms with Crippen LogP contribution in [0, 0.1) is 5.82 Å². The van der Waals surface area contributed by atoms with E-state index in [0.29, 0.717) is 11.5 Å². The largest absolute Gasteiger partial charge is 0.496 e. The molecule has 6 nitrogen and oxygen atoms in total. The second-order valence-corrected chi connectivity index (χ2v) is 5.63. The average molecular weight is 388 g/mol. The molecule has 2 rings (SSSR count). The first-order chi connectivity index (χ1) is 13.5. The first kappa shape index (κ1) is 21.0. The van der Waals surface area contributed by atoms with Crippen LogP contribution in [0.3, 0.4) is 0 Å². The molecule has 0 atom stereocenters. The SMILES string of the molecule is C/C=C/c1ccc(OCC(=O)OCC(=O)c2cc(F)ccc2OC)c(OC)c1. The van der Waals surface area contributed by atoms with Gasteiger partial charge in [-0.05, 0) is 42.8 Å². The smallest absolute Gasteiger partial charge is 0.344 e. The number of ether oxygens (including phenoxy) is 4. The Balaban J connectivity index is 1.93. The molecule has 0 fully saturated rings. The van der Waals surface area contributed by atoms with E-state index in [0.717, 1.165) is 11.6 Å². The van der Waals surface area contributed by atoms with Gasteiger partial charge in [0.2, 0.25) is 5.78 Å². The van der Waals surface area contributed by atoms with Gasteiger partial charge >= 0.3 is 5.97 Å². The number of rotatable bonds is 9. The molecule has 0 bridgehead atoms. The van der Waals surface area contributed by atoms with Crippen molar-refractivity contribution in [1.29, 1.82) is 0 Å². The van der Waals surface area contributed by atoms with Gasteiger partial charge in [0.15, 0.2) is 24.7 Å². The Hall–Kier alpha value is -3.35. The molecule has 0 unspecified atom stereocenters. The van der Waals surface area contributed by atoms with Crippen LogP contribution >= 0.6 is 0 Å². The normalized spacial score (nSPS) is 10.6. The number of hydrogen-bond donors (Lipinski definition) is 0. The fourth-order valence-electron chi connectivity index (χ4n) is 2.40. The van der Waals surface area contributed by atoms with E-state index in [1.165, 1.54) is 26.4 Å². The number of ketones is 1. The zero-order valence-electron chi connectivity index (χ0n) is 15.9. The summed E-state index contributed by atoms with van der Waals surface area (Å²) in [6, 6.07) is 8.78. The molecule has 0 radical (unpaired) electrons. The maximum Gasteiger partial charge on any atom is 0.344 e. The molecule has 0 aromatic heterocycles. The maximum absolute atomic E-state index is 13.3. The Kier molecular flexibility index (Phi) is 7.56. The Morgan fingerprint density at radius 1 is 0.964 bits per heavy atom.